The van der Waals surface area contributed by atoms with Crippen LogP contribution in [-0.2, 0) is 21.4 Å². The predicted octanol–water partition coefficient (Wildman–Crippen LogP) is 4.64. The second-order valence-electron chi connectivity index (χ2n) is 8.56. The lowest BCUT2D eigenvalue weighted by Gasteiger charge is -2.32. The van der Waals surface area contributed by atoms with Gasteiger partial charge in [-0.25, -0.2) is 12.8 Å². The molecule has 1 N–H and O–H groups in total. The Labute approximate surface area is 204 Å². The number of hydrogen-bond acceptors (Lipinski definition) is 5. The first-order chi connectivity index (χ1) is 16.3. The van der Waals surface area contributed by atoms with Crippen molar-refractivity contribution in [2.45, 2.75) is 30.5 Å². The smallest absolute Gasteiger partial charge is 0.274 e. The van der Waals surface area contributed by atoms with Crippen molar-refractivity contribution in [3.8, 4) is 0 Å². The highest BCUT2D eigenvalue weighted by atomic mass is 32.2. The molecule has 0 saturated carbocycles. The number of nitrogens with zero attached hydrogens (tertiary/aromatic N) is 2. The van der Waals surface area contributed by atoms with Gasteiger partial charge in [0.2, 0.25) is 5.91 Å². The maximum absolute atomic E-state index is 13.4. The van der Waals surface area contributed by atoms with E-state index in [1.165, 1.54) is 48.9 Å². The van der Waals surface area contributed by atoms with E-state index in [1.54, 1.807) is 11.4 Å². The maximum atomic E-state index is 13.4. The van der Waals surface area contributed by atoms with Crippen LogP contribution in [0.3, 0.4) is 0 Å². The van der Waals surface area contributed by atoms with Crippen LogP contribution in [-0.4, -0.2) is 34.0 Å². The van der Waals surface area contributed by atoms with Gasteiger partial charge in [0.15, 0.2) is 0 Å². The van der Waals surface area contributed by atoms with Gasteiger partial charge >= 0.3 is 0 Å². The fourth-order valence-corrected chi connectivity index (χ4v) is 6.60. The number of carbonyl (C=O) groups is 1. The van der Waals surface area contributed by atoms with Crippen LogP contribution >= 0.6 is 11.3 Å². The summed E-state index contributed by atoms with van der Waals surface area (Å²) in [6.07, 6.45) is 2.45. The van der Waals surface area contributed by atoms with Crippen LogP contribution in [0.5, 0.6) is 0 Å². The van der Waals surface area contributed by atoms with Crippen LogP contribution in [0.2, 0.25) is 0 Å². The minimum absolute atomic E-state index is 0.118. The minimum Gasteiger partial charge on any atom is -0.371 e. The Morgan fingerprint density at radius 1 is 1.15 bits per heavy atom. The number of sulfonamides is 1. The summed E-state index contributed by atoms with van der Waals surface area (Å²) in [5.74, 6) is -0.246. The van der Waals surface area contributed by atoms with Crippen molar-refractivity contribution >= 4 is 38.6 Å². The molecule has 180 valence electrons. The zero-order valence-corrected chi connectivity index (χ0v) is 20.6. The fourth-order valence-electron chi connectivity index (χ4n) is 4.08. The first-order valence-electron chi connectivity index (χ1n) is 11.3. The molecule has 1 fully saturated rings. The molecular weight excluding hydrogens is 473 g/mol. The second kappa shape index (κ2) is 10.6. The van der Waals surface area contributed by atoms with E-state index in [4.69, 9.17) is 0 Å². The van der Waals surface area contributed by atoms with Gasteiger partial charge in [0.05, 0.1) is 5.69 Å². The van der Waals surface area contributed by atoms with Crippen molar-refractivity contribution < 1.29 is 17.6 Å². The Morgan fingerprint density at radius 2 is 1.88 bits per heavy atom. The molecular formula is C25H28FN3O3S2. The van der Waals surface area contributed by atoms with Gasteiger partial charge < -0.3 is 10.2 Å². The molecule has 0 bridgehead atoms. The highest BCUT2D eigenvalue weighted by Crippen LogP contribution is 2.27. The van der Waals surface area contributed by atoms with E-state index in [-0.39, 0.29) is 16.4 Å². The molecule has 1 amide bonds. The summed E-state index contributed by atoms with van der Waals surface area (Å²) < 4.78 is 40.8. The summed E-state index contributed by atoms with van der Waals surface area (Å²) in [4.78, 5) is 15.1. The van der Waals surface area contributed by atoms with Crippen molar-refractivity contribution in [1.82, 2.24) is 5.32 Å². The highest BCUT2D eigenvalue weighted by Gasteiger charge is 2.28. The summed E-state index contributed by atoms with van der Waals surface area (Å²) in [5, 5.41) is 4.46. The Balaban J connectivity index is 1.42. The Bertz CT molecular complexity index is 1200. The number of amides is 1. The molecule has 6 nitrogen and oxygen atoms in total. The van der Waals surface area contributed by atoms with Crippen LogP contribution in [0.4, 0.5) is 15.8 Å². The zero-order chi connectivity index (χ0) is 24.1. The lowest BCUT2D eigenvalue weighted by Crippen LogP contribution is -2.40. The van der Waals surface area contributed by atoms with Crippen LogP contribution < -0.4 is 14.5 Å². The first-order valence-corrected chi connectivity index (χ1v) is 13.6. The minimum atomic E-state index is -3.96. The van der Waals surface area contributed by atoms with Gasteiger partial charge in [-0.1, -0.05) is 25.1 Å². The van der Waals surface area contributed by atoms with E-state index >= 15 is 0 Å². The highest BCUT2D eigenvalue weighted by molar-refractivity contribution is 7.94. The molecule has 9 heteroatoms. The molecule has 3 aromatic rings. The first kappa shape index (κ1) is 24.2. The summed E-state index contributed by atoms with van der Waals surface area (Å²) in [5.41, 5.74) is 2.33. The number of hydrogen-bond donors (Lipinski definition) is 1. The molecule has 0 aliphatic carbocycles. The number of benzene rings is 2. The molecule has 34 heavy (non-hydrogen) atoms. The lowest BCUT2D eigenvalue weighted by molar-refractivity contribution is -0.119. The zero-order valence-electron chi connectivity index (χ0n) is 19.0. The summed E-state index contributed by atoms with van der Waals surface area (Å²) in [7, 11) is -3.96. The lowest BCUT2D eigenvalue weighted by atomic mass is 9.99. The van der Waals surface area contributed by atoms with E-state index in [0.717, 1.165) is 34.3 Å². The average molecular weight is 502 g/mol. The summed E-state index contributed by atoms with van der Waals surface area (Å²) in [6, 6.07) is 16.3. The van der Waals surface area contributed by atoms with Crippen molar-refractivity contribution in [2.24, 2.45) is 5.92 Å². The van der Waals surface area contributed by atoms with Crippen molar-refractivity contribution in [3.63, 3.8) is 0 Å². The van der Waals surface area contributed by atoms with E-state index in [9.17, 15) is 17.6 Å². The van der Waals surface area contributed by atoms with Crippen LogP contribution in [0, 0.1) is 11.7 Å². The van der Waals surface area contributed by atoms with Crippen LogP contribution in [0.25, 0.3) is 0 Å². The molecule has 1 aliphatic rings. The molecule has 1 unspecified atom stereocenters. The Kier molecular flexibility index (Phi) is 7.53. The molecule has 1 aromatic heterocycles. The molecule has 2 heterocycles. The SMILES string of the molecule is CC1CCCN(c2ccc(CNC(=O)CN(c3ccc(F)cc3)S(=O)(=O)c3cccs3)cc2)C1. The van der Waals surface area contributed by atoms with Crippen molar-refractivity contribution in [1.29, 1.82) is 0 Å². The largest absolute Gasteiger partial charge is 0.371 e. The van der Waals surface area contributed by atoms with Crippen LogP contribution in [0.15, 0.2) is 70.3 Å². The van der Waals surface area contributed by atoms with E-state index in [0.29, 0.717) is 5.92 Å². The van der Waals surface area contributed by atoms with Crippen molar-refractivity contribution in [2.75, 3.05) is 28.8 Å². The Hall–Kier alpha value is -2.91. The molecule has 1 aliphatic heterocycles. The molecule has 1 saturated heterocycles. The topological polar surface area (TPSA) is 69.7 Å². The number of carbonyl (C=O) groups excluding carboxylic acids is 1. The standard InChI is InChI=1S/C25H28FN3O3S2/c1-19-4-2-14-28(17-19)22-10-6-20(7-11-22)16-27-24(30)18-29(23-12-8-21(26)9-13-23)34(31,32)25-5-3-15-33-25/h3,5-13,15,19H,2,4,14,16-18H2,1H3,(H,27,30). The van der Waals surface area contributed by atoms with E-state index in [1.807, 2.05) is 12.1 Å². The van der Waals surface area contributed by atoms with E-state index in [2.05, 4.69) is 29.3 Å². The molecule has 1 atom stereocenters. The number of halogens is 1. The fraction of sp³-hybridized carbons (Fsp3) is 0.320. The maximum Gasteiger partial charge on any atom is 0.274 e. The van der Waals surface area contributed by atoms with Gasteiger partial charge in [0.1, 0.15) is 16.6 Å². The third-order valence-electron chi connectivity index (χ3n) is 5.89. The van der Waals surface area contributed by atoms with Gasteiger partial charge in [0.25, 0.3) is 10.0 Å². The number of thiophene rings is 1. The normalized spacial score (nSPS) is 16.3. The van der Waals surface area contributed by atoms with Crippen molar-refractivity contribution in [3.05, 3.63) is 77.4 Å². The van der Waals surface area contributed by atoms with Gasteiger partial charge in [-0.2, -0.15) is 0 Å². The second-order valence-corrected chi connectivity index (χ2v) is 11.6. The quantitative estimate of drug-likeness (QED) is 0.488. The Morgan fingerprint density at radius 3 is 2.53 bits per heavy atom. The summed E-state index contributed by atoms with van der Waals surface area (Å²) in [6.45, 7) is 4.25. The summed E-state index contributed by atoms with van der Waals surface area (Å²) >= 11 is 1.07. The van der Waals surface area contributed by atoms with Gasteiger partial charge in [-0.05, 0) is 72.2 Å². The number of nitrogens with one attached hydrogen (secondary N) is 1. The number of piperidine rings is 1. The van der Waals surface area contributed by atoms with Gasteiger partial charge in [-0.3, -0.25) is 9.10 Å². The molecule has 4 rings (SSSR count). The van der Waals surface area contributed by atoms with Crippen LogP contribution in [0.1, 0.15) is 25.3 Å². The monoisotopic (exact) mass is 501 g/mol. The number of rotatable bonds is 8. The van der Waals surface area contributed by atoms with Gasteiger partial charge in [0, 0.05) is 25.3 Å². The third kappa shape index (κ3) is 5.77. The van der Waals surface area contributed by atoms with E-state index < -0.39 is 28.3 Å². The molecule has 0 spiro atoms. The number of anilines is 2. The third-order valence-corrected chi connectivity index (χ3v) is 9.04. The average Bonchev–Trinajstić information content (AvgIpc) is 3.38. The van der Waals surface area contributed by atoms with Gasteiger partial charge in [-0.15, -0.1) is 11.3 Å². The molecule has 2 aromatic carbocycles. The predicted molar refractivity (Wildman–Crippen MR) is 134 cm³/mol. The molecule has 0 radical (unpaired) electrons.